The van der Waals surface area contributed by atoms with E-state index >= 15 is 0 Å². The number of aromatic hydroxyl groups is 1. The molecule has 0 aliphatic rings. The molecule has 7 rings (SSSR count). The van der Waals surface area contributed by atoms with Gasteiger partial charge in [0, 0.05) is 32.3 Å². The number of phenols is 1. The van der Waals surface area contributed by atoms with E-state index in [4.69, 9.17) is 18.9 Å². The minimum absolute atomic E-state index is 0.181. The van der Waals surface area contributed by atoms with Crippen molar-refractivity contribution in [3.8, 4) is 34.5 Å². The van der Waals surface area contributed by atoms with Gasteiger partial charge in [0.1, 0.15) is 0 Å². The Kier molecular flexibility index (Phi) is 7.76. The first-order valence-corrected chi connectivity index (χ1v) is 18.2. The van der Waals surface area contributed by atoms with E-state index in [0.29, 0.717) is 35.8 Å². The van der Waals surface area contributed by atoms with E-state index in [0.717, 1.165) is 125 Å². The Bertz CT molecular complexity index is 1870. The smallest absolute Gasteiger partial charge is 0.239 e. The van der Waals surface area contributed by atoms with Crippen LogP contribution in [0.4, 0.5) is 0 Å². The van der Waals surface area contributed by atoms with Gasteiger partial charge >= 0.3 is 0 Å². The van der Waals surface area contributed by atoms with Crippen LogP contribution in [0.3, 0.4) is 0 Å². The molecule has 7 aromatic rings. The van der Waals surface area contributed by atoms with E-state index in [1.807, 2.05) is 0 Å². The highest BCUT2D eigenvalue weighted by atomic mass is 32.1. The molecule has 0 spiro atoms. The SMILES string of the molecule is CCCCOc1c(OCCCC)c2sc3c(OCCCC)c(OCCCC)c4sc5c(O)c([O])c6sc1c1c6c5c4c3c21. The third-order valence-electron chi connectivity index (χ3n) is 8.33. The van der Waals surface area contributed by atoms with Crippen molar-refractivity contribution < 1.29 is 29.2 Å². The minimum atomic E-state index is -0.320. The van der Waals surface area contributed by atoms with E-state index < -0.39 is 0 Å². The maximum Gasteiger partial charge on any atom is 0.239 e. The maximum atomic E-state index is 13.7. The van der Waals surface area contributed by atoms with Crippen LogP contribution in [-0.4, -0.2) is 31.5 Å². The zero-order chi connectivity index (χ0) is 29.8. The predicted octanol–water partition coefficient (Wildman–Crippen LogP) is 11.7. The van der Waals surface area contributed by atoms with E-state index in [1.165, 1.54) is 22.7 Å². The van der Waals surface area contributed by atoms with Crippen molar-refractivity contribution in [2.24, 2.45) is 0 Å². The summed E-state index contributed by atoms with van der Waals surface area (Å²) in [6, 6.07) is 0. The molecule has 0 saturated carbocycles. The van der Waals surface area contributed by atoms with Crippen molar-refractivity contribution in [3.05, 3.63) is 0 Å². The van der Waals surface area contributed by atoms with Crippen molar-refractivity contribution in [1.29, 1.82) is 0 Å². The minimum Gasteiger partial charge on any atom is -0.503 e. The summed E-state index contributed by atoms with van der Waals surface area (Å²) in [5.74, 6) is 2.46. The van der Waals surface area contributed by atoms with Gasteiger partial charge in [-0.05, 0) is 25.7 Å². The molecule has 227 valence electrons. The molecule has 0 fully saturated rings. The van der Waals surface area contributed by atoms with Crippen LogP contribution in [0.25, 0.3) is 60.5 Å². The van der Waals surface area contributed by atoms with Crippen LogP contribution in [0.5, 0.6) is 34.5 Å². The lowest BCUT2D eigenvalue weighted by Gasteiger charge is -2.17. The summed E-state index contributed by atoms with van der Waals surface area (Å²) >= 11 is 4.56. The number of ether oxygens (including phenoxy) is 4. The highest BCUT2D eigenvalue weighted by molar-refractivity contribution is 7.31. The second-order valence-electron chi connectivity index (χ2n) is 11.3. The molecule has 43 heavy (non-hydrogen) atoms. The molecular formula is C34H37O6S3. The predicted molar refractivity (Wildman–Crippen MR) is 182 cm³/mol. The van der Waals surface area contributed by atoms with Gasteiger partial charge in [-0.1, -0.05) is 53.4 Å². The van der Waals surface area contributed by atoms with E-state index in [9.17, 15) is 10.2 Å². The summed E-state index contributed by atoms with van der Waals surface area (Å²) in [7, 11) is 0. The van der Waals surface area contributed by atoms with E-state index in [-0.39, 0.29) is 11.5 Å². The van der Waals surface area contributed by atoms with Crippen molar-refractivity contribution in [3.63, 3.8) is 0 Å². The Hall–Kier alpha value is -2.88. The zero-order valence-corrected chi connectivity index (χ0v) is 27.6. The molecule has 1 N–H and O–H groups in total. The fourth-order valence-electron chi connectivity index (χ4n) is 6.11. The molecule has 4 aromatic carbocycles. The Balaban J connectivity index is 1.66. The number of phenolic OH excluding ortho intramolecular Hbond substituents is 1. The first-order chi connectivity index (χ1) is 21.1. The lowest BCUT2D eigenvalue weighted by atomic mass is 9.93. The van der Waals surface area contributed by atoms with Crippen LogP contribution in [0.1, 0.15) is 79.1 Å². The number of thiophene rings is 3. The largest absolute Gasteiger partial charge is 0.503 e. The summed E-state index contributed by atoms with van der Waals surface area (Å²) in [5.41, 5.74) is 0. The molecule has 3 aromatic heterocycles. The molecule has 6 nitrogen and oxygen atoms in total. The van der Waals surface area contributed by atoms with Crippen LogP contribution in [0.2, 0.25) is 0 Å². The van der Waals surface area contributed by atoms with Gasteiger partial charge in [-0.25, -0.2) is 0 Å². The van der Waals surface area contributed by atoms with Gasteiger partial charge < -0.3 is 24.1 Å². The molecule has 0 bridgehead atoms. The van der Waals surface area contributed by atoms with Crippen LogP contribution >= 0.6 is 34.0 Å². The number of hydrogen-bond donors (Lipinski definition) is 1. The molecule has 9 heteroatoms. The number of hydrogen-bond acceptors (Lipinski definition) is 8. The third-order valence-corrected chi connectivity index (χ3v) is 11.9. The molecule has 0 amide bonds. The molecule has 0 unspecified atom stereocenters. The highest BCUT2D eigenvalue weighted by Crippen LogP contribution is 2.66. The van der Waals surface area contributed by atoms with Crippen molar-refractivity contribution >= 4 is 94.5 Å². The monoisotopic (exact) mass is 637 g/mol. The molecule has 3 heterocycles. The normalized spacial score (nSPS) is 12.6. The fraction of sp³-hybridized carbons (Fsp3) is 0.471. The standard InChI is InChI=1S/C34H37O6S3/c1-5-9-13-37-25-27(39-15-11-7-3)33-21-19-17-18-20-22(21)34(43-33)28(40-16-12-8-4)26(38-14-10-6-2)32(20)42-30(18)24(36)23(35)29(17)41-31(19)25/h35H,5-16H2,1-4H3. The van der Waals surface area contributed by atoms with Crippen molar-refractivity contribution in [1.82, 2.24) is 0 Å². The number of benzene rings is 4. The van der Waals surface area contributed by atoms with Gasteiger partial charge in [0.25, 0.3) is 0 Å². The number of rotatable bonds is 16. The van der Waals surface area contributed by atoms with Gasteiger partial charge in [0.2, 0.25) is 5.75 Å². The lowest BCUT2D eigenvalue weighted by molar-refractivity contribution is 0.268. The Labute approximate surface area is 262 Å². The van der Waals surface area contributed by atoms with Crippen LogP contribution in [0.15, 0.2) is 0 Å². The van der Waals surface area contributed by atoms with Gasteiger partial charge in [-0.3, -0.25) is 5.11 Å². The molecule has 1 radical (unpaired) electrons. The van der Waals surface area contributed by atoms with Crippen molar-refractivity contribution in [2.75, 3.05) is 26.4 Å². The quantitative estimate of drug-likeness (QED) is 0.0842. The summed E-state index contributed by atoms with van der Waals surface area (Å²) in [6.07, 6.45) is 7.80. The van der Waals surface area contributed by atoms with Crippen molar-refractivity contribution in [2.45, 2.75) is 79.1 Å². The lowest BCUT2D eigenvalue weighted by Crippen LogP contribution is -2.03. The second kappa shape index (κ2) is 11.6. The highest BCUT2D eigenvalue weighted by Gasteiger charge is 2.36. The molecule has 0 aliphatic carbocycles. The van der Waals surface area contributed by atoms with Gasteiger partial charge in [0.05, 0.1) is 54.6 Å². The number of unbranched alkanes of at least 4 members (excludes halogenated alkanes) is 4. The van der Waals surface area contributed by atoms with E-state index in [1.54, 1.807) is 11.3 Å². The topological polar surface area (TPSA) is 77.1 Å². The van der Waals surface area contributed by atoms with Crippen LogP contribution < -0.4 is 18.9 Å². The summed E-state index contributed by atoms with van der Waals surface area (Å²) in [5, 5.41) is 31.3. The summed E-state index contributed by atoms with van der Waals surface area (Å²) in [6.45, 7) is 10.9. The van der Waals surface area contributed by atoms with E-state index in [2.05, 4.69) is 27.7 Å². The first-order valence-electron chi connectivity index (χ1n) is 15.7. The first kappa shape index (κ1) is 28.9. The van der Waals surface area contributed by atoms with Gasteiger partial charge in [-0.15, -0.1) is 34.0 Å². The Morgan fingerprint density at radius 1 is 0.465 bits per heavy atom. The molecule has 0 aliphatic heterocycles. The fourth-order valence-corrected chi connectivity index (χ4v) is 9.92. The summed E-state index contributed by atoms with van der Waals surface area (Å²) in [4.78, 5) is 0. The second-order valence-corrected chi connectivity index (χ2v) is 14.4. The van der Waals surface area contributed by atoms with Crippen LogP contribution in [0, 0.1) is 0 Å². The Morgan fingerprint density at radius 2 is 0.744 bits per heavy atom. The molecule has 0 saturated heterocycles. The average Bonchev–Trinajstić information content (AvgIpc) is 3.70. The average molecular weight is 638 g/mol. The maximum absolute atomic E-state index is 13.7. The zero-order valence-electron chi connectivity index (χ0n) is 25.2. The Morgan fingerprint density at radius 3 is 1.09 bits per heavy atom. The third kappa shape index (κ3) is 4.21. The van der Waals surface area contributed by atoms with Gasteiger partial charge in [-0.2, -0.15) is 0 Å². The van der Waals surface area contributed by atoms with Gasteiger partial charge in [0.15, 0.2) is 28.7 Å². The molecular weight excluding hydrogens is 601 g/mol. The molecule has 0 atom stereocenters. The summed E-state index contributed by atoms with van der Waals surface area (Å²) < 4.78 is 31.4. The van der Waals surface area contributed by atoms with Crippen LogP contribution in [-0.2, 0) is 5.11 Å².